The fourth-order valence-corrected chi connectivity index (χ4v) is 1.47. The lowest BCUT2D eigenvalue weighted by Crippen LogP contribution is -2.59. The maximum absolute atomic E-state index is 9.39. The maximum Gasteiger partial charge on any atom is 0.158 e. The summed E-state index contributed by atoms with van der Waals surface area (Å²) < 4.78 is 5.27. The summed E-state index contributed by atoms with van der Waals surface area (Å²) in [4.78, 5) is 0. The van der Waals surface area contributed by atoms with E-state index in [2.05, 4.69) is 0 Å². The molecule has 1 rings (SSSR count). The molecule has 1 aliphatic heterocycles. The zero-order valence-corrected chi connectivity index (χ0v) is 7.34. The average Bonchev–Trinajstić information content (AvgIpc) is 2.08. The van der Waals surface area contributed by atoms with Gasteiger partial charge in [-0.15, -0.1) is 0 Å². The highest BCUT2D eigenvalue weighted by molar-refractivity contribution is 6.35. The SMILES string of the molecule is BC1OC(BC)C(O)C(O)C1O. The Morgan fingerprint density at radius 3 is 2.25 bits per heavy atom. The number of ether oxygens (including phenoxy) is 1. The molecule has 1 aliphatic rings. The van der Waals surface area contributed by atoms with Crippen LogP contribution < -0.4 is 0 Å². The molecule has 12 heavy (non-hydrogen) atoms. The molecule has 1 fully saturated rings. The molecule has 6 heteroatoms. The van der Waals surface area contributed by atoms with Crippen molar-refractivity contribution in [1.82, 2.24) is 0 Å². The highest BCUT2D eigenvalue weighted by Crippen LogP contribution is 2.18. The molecule has 0 aliphatic carbocycles. The summed E-state index contributed by atoms with van der Waals surface area (Å²) in [6.07, 6.45) is -3.04. The van der Waals surface area contributed by atoms with E-state index in [0.717, 1.165) is 0 Å². The standard InChI is InChI=1S/C6H14B2O4/c1-8-6-4(11)2(9)3(10)5(7)12-6/h2-6,8-11H,7H2,1H3. The molecule has 0 aromatic carbocycles. The minimum absolute atomic E-state index is 0.363. The Labute approximate surface area is 73.2 Å². The predicted octanol–water partition coefficient (Wildman–Crippen LogP) is -3.13. The van der Waals surface area contributed by atoms with Gasteiger partial charge in [0.15, 0.2) is 7.28 Å². The summed E-state index contributed by atoms with van der Waals surface area (Å²) in [5, 5.41) is 28.0. The minimum atomic E-state index is -1.08. The first-order valence-electron chi connectivity index (χ1n) is 4.27. The van der Waals surface area contributed by atoms with E-state index in [1.54, 1.807) is 7.85 Å². The summed E-state index contributed by atoms with van der Waals surface area (Å²) in [5.74, 6) is 0. The zero-order valence-electron chi connectivity index (χ0n) is 7.34. The monoisotopic (exact) mass is 172 g/mol. The molecule has 4 nitrogen and oxygen atoms in total. The van der Waals surface area contributed by atoms with Crippen LogP contribution in [0.4, 0.5) is 0 Å². The van der Waals surface area contributed by atoms with Gasteiger partial charge in [0.25, 0.3) is 0 Å². The molecular formula is C6H14B2O4. The predicted molar refractivity (Wildman–Crippen MR) is 48.2 cm³/mol. The molecule has 1 heterocycles. The van der Waals surface area contributed by atoms with Gasteiger partial charge in [-0.3, -0.25) is 0 Å². The number of aliphatic hydroxyl groups is 3. The highest BCUT2D eigenvalue weighted by Gasteiger charge is 2.40. The lowest BCUT2D eigenvalue weighted by Gasteiger charge is -2.39. The Morgan fingerprint density at radius 2 is 1.75 bits per heavy atom. The molecule has 1 saturated heterocycles. The van der Waals surface area contributed by atoms with Gasteiger partial charge in [0, 0.05) is 0 Å². The molecule has 0 amide bonds. The van der Waals surface area contributed by atoms with Crippen LogP contribution >= 0.6 is 0 Å². The number of hydrogen-bond acceptors (Lipinski definition) is 4. The van der Waals surface area contributed by atoms with Crippen molar-refractivity contribution in [2.75, 3.05) is 0 Å². The van der Waals surface area contributed by atoms with Crippen LogP contribution in [0.1, 0.15) is 0 Å². The van der Waals surface area contributed by atoms with Crippen LogP contribution in [0.15, 0.2) is 0 Å². The number of aliphatic hydroxyl groups excluding tert-OH is 3. The lowest BCUT2D eigenvalue weighted by atomic mass is 9.67. The van der Waals surface area contributed by atoms with Crippen molar-refractivity contribution < 1.29 is 20.1 Å². The van der Waals surface area contributed by atoms with Gasteiger partial charge in [0.05, 0.1) is 12.0 Å². The van der Waals surface area contributed by atoms with E-state index in [1.165, 1.54) is 0 Å². The van der Waals surface area contributed by atoms with Gasteiger partial charge in [-0.1, -0.05) is 6.82 Å². The minimum Gasteiger partial charge on any atom is -0.388 e. The Hall–Kier alpha value is -0.0301. The van der Waals surface area contributed by atoms with Crippen molar-refractivity contribution >= 4 is 15.1 Å². The van der Waals surface area contributed by atoms with Gasteiger partial charge >= 0.3 is 0 Å². The van der Waals surface area contributed by atoms with Crippen LogP contribution in [-0.4, -0.2) is 60.8 Å². The van der Waals surface area contributed by atoms with Gasteiger partial charge in [-0.05, 0) is 0 Å². The van der Waals surface area contributed by atoms with Crippen molar-refractivity contribution in [2.24, 2.45) is 0 Å². The smallest absolute Gasteiger partial charge is 0.158 e. The van der Waals surface area contributed by atoms with Gasteiger partial charge in [-0.25, -0.2) is 0 Å². The lowest BCUT2D eigenvalue weighted by molar-refractivity contribution is -0.178. The normalized spacial score (nSPS) is 48.8. The van der Waals surface area contributed by atoms with Crippen LogP contribution in [0.25, 0.3) is 0 Å². The molecule has 5 unspecified atom stereocenters. The van der Waals surface area contributed by atoms with Gasteiger partial charge in [0.2, 0.25) is 0 Å². The third-order valence-electron chi connectivity index (χ3n) is 2.35. The summed E-state index contributed by atoms with van der Waals surface area (Å²) in [7, 11) is 2.32. The summed E-state index contributed by atoms with van der Waals surface area (Å²) in [6, 6.07) is -0.772. The fourth-order valence-electron chi connectivity index (χ4n) is 1.47. The van der Waals surface area contributed by atoms with Gasteiger partial charge in [0.1, 0.15) is 26.2 Å². The topological polar surface area (TPSA) is 69.9 Å². The van der Waals surface area contributed by atoms with E-state index >= 15 is 0 Å². The molecular weight excluding hydrogens is 158 g/mol. The van der Waals surface area contributed by atoms with Crippen molar-refractivity contribution in [2.45, 2.75) is 37.1 Å². The van der Waals surface area contributed by atoms with Crippen molar-refractivity contribution in [3.8, 4) is 0 Å². The summed E-state index contributed by atoms with van der Waals surface area (Å²) >= 11 is 0. The molecule has 0 spiro atoms. The van der Waals surface area contributed by atoms with E-state index in [-0.39, 0.29) is 6.00 Å². The van der Waals surface area contributed by atoms with Crippen LogP contribution in [0.3, 0.4) is 0 Å². The Bertz CT molecular complexity index is 152. The van der Waals surface area contributed by atoms with Crippen molar-refractivity contribution in [3.63, 3.8) is 0 Å². The van der Waals surface area contributed by atoms with Crippen LogP contribution in [-0.2, 0) is 4.74 Å². The van der Waals surface area contributed by atoms with E-state index in [9.17, 15) is 15.3 Å². The first-order chi connectivity index (χ1) is 5.57. The highest BCUT2D eigenvalue weighted by atomic mass is 16.5. The molecule has 0 aromatic rings. The quantitative estimate of drug-likeness (QED) is 0.365. The molecule has 3 N–H and O–H groups in total. The molecule has 68 valence electrons. The maximum atomic E-state index is 9.39. The first kappa shape index (κ1) is 10.1. The average molecular weight is 172 g/mol. The number of hydrogen-bond donors (Lipinski definition) is 3. The van der Waals surface area contributed by atoms with E-state index in [0.29, 0.717) is 7.28 Å². The zero-order chi connectivity index (χ0) is 9.30. The molecule has 0 bridgehead atoms. The van der Waals surface area contributed by atoms with E-state index in [4.69, 9.17) is 4.74 Å². The van der Waals surface area contributed by atoms with Crippen molar-refractivity contribution in [3.05, 3.63) is 0 Å². The third kappa shape index (κ3) is 1.66. The number of rotatable bonds is 1. The Kier molecular flexibility index (Phi) is 3.17. The molecule has 0 saturated carbocycles. The van der Waals surface area contributed by atoms with Crippen molar-refractivity contribution in [1.29, 1.82) is 0 Å². The molecule has 0 radical (unpaired) electrons. The van der Waals surface area contributed by atoms with Gasteiger partial charge in [-0.2, -0.15) is 0 Å². The van der Waals surface area contributed by atoms with E-state index in [1.807, 2.05) is 6.82 Å². The van der Waals surface area contributed by atoms with Crippen LogP contribution in [0.5, 0.6) is 0 Å². The van der Waals surface area contributed by atoms with Gasteiger partial charge < -0.3 is 20.1 Å². The largest absolute Gasteiger partial charge is 0.388 e. The summed E-state index contributed by atoms with van der Waals surface area (Å²) in [5.41, 5.74) is 0. The second-order valence-electron chi connectivity index (χ2n) is 3.26. The molecule has 0 aromatic heterocycles. The van der Waals surface area contributed by atoms with Crippen LogP contribution in [0.2, 0.25) is 6.82 Å². The summed E-state index contributed by atoms with van der Waals surface area (Å²) in [6.45, 7) is 1.87. The fraction of sp³-hybridized carbons (Fsp3) is 1.00. The first-order valence-corrected chi connectivity index (χ1v) is 4.27. The third-order valence-corrected chi connectivity index (χ3v) is 2.35. The van der Waals surface area contributed by atoms with E-state index < -0.39 is 24.3 Å². The molecule has 5 atom stereocenters. The Morgan fingerprint density at radius 1 is 1.17 bits per heavy atom. The Balaban J connectivity index is 2.63. The van der Waals surface area contributed by atoms with Crippen LogP contribution in [0, 0.1) is 0 Å². The second-order valence-corrected chi connectivity index (χ2v) is 3.26. The second kappa shape index (κ2) is 3.79.